The van der Waals surface area contributed by atoms with Gasteiger partial charge in [0, 0.05) is 28.5 Å². The van der Waals surface area contributed by atoms with Gasteiger partial charge in [-0.05, 0) is 36.4 Å². The van der Waals surface area contributed by atoms with Crippen molar-refractivity contribution in [3.05, 3.63) is 64.9 Å². The van der Waals surface area contributed by atoms with Gasteiger partial charge in [0.1, 0.15) is 0 Å². The van der Waals surface area contributed by atoms with Crippen LogP contribution in [0.1, 0.15) is 27.1 Å². The molecule has 0 fully saturated rings. The number of hydrogen-bond donors (Lipinski definition) is 0. The summed E-state index contributed by atoms with van der Waals surface area (Å²) in [6, 6.07) is 9.79. The number of aromatic nitrogens is 1. The van der Waals surface area contributed by atoms with E-state index in [2.05, 4.69) is 4.98 Å². The summed E-state index contributed by atoms with van der Waals surface area (Å²) in [5.74, 6) is -0.455. The molecule has 0 radical (unpaired) electrons. The fourth-order valence-corrected chi connectivity index (χ4v) is 1.64. The predicted octanol–water partition coefficient (Wildman–Crippen LogP) is 3.19. The van der Waals surface area contributed by atoms with E-state index in [1.807, 2.05) is 0 Å². The zero-order chi connectivity index (χ0) is 13.0. The van der Waals surface area contributed by atoms with E-state index in [-0.39, 0.29) is 18.0 Å². The van der Waals surface area contributed by atoms with Gasteiger partial charge in [-0.3, -0.25) is 14.6 Å². The van der Waals surface area contributed by atoms with Crippen LogP contribution < -0.4 is 0 Å². The molecule has 0 saturated heterocycles. The second-order valence-corrected chi connectivity index (χ2v) is 4.21. The van der Waals surface area contributed by atoms with Crippen molar-refractivity contribution in [2.24, 2.45) is 0 Å². The molecule has 1 heterocycles. The van der Waals surface area contributed by atoms with Gasteiger partial charge in [-0.2, -0.15) is 0 Å². The lowest BCUT2D eigenvalue weighted by atomic mass is 10.0. The number of Topliss-reactive ketones (excluding diaryl/α,β-unsaturated/α-hetero) is 2. The standard InChI is InChI=1S/C14H10ClNO2/c15-12-5-3-10(4-6-12)13(17)8-14(18)11-2-1-7-16-9-11/h1-7,9H,8H2. The van der Waals surface area contributed by atoms with Crippen molar-refractivity contribution in [3.63, 3.8) is 0 Å². The molecule has 0 aliphatic heterocycles. The average molecular weight is 260 g/mol. The highest BCUT2D eigenvalue weighted by molar-refractivity contribution is 6.30. The van der Waals surface area contributed by atoms with Gasteiger partial charge >= 0.3 is 0 Å². The molecule has 0 aliphatic rings. The first kappa shape index (κ1) is 12.5. The highest BCUT2D eigenvalue weighted by Gasteiger charge is 2.13. The van der Waals surface area contributed by atoms with Crippen molar-refractivity contribution >= 4 is 23.2 Å². The van der Waals surface area contributed by atoms with Crippen LogP contribution in [0, 0.1) is 0 Å². The molecule has 18 heavy (non-hydrogen) atoms. The molecular formula is C14H10ClNO2. The minimum atomic E-state index is -0.233. The maximum atomic E-state index is 11.9. The van der Waals surface area contributed by atoms with Gasteiger partial charge in [-0.25, -0.2) is 0 Å². The summed E-state index contributed by atoms with van der Waals surface area (Å²) in [7, 11) is 0. The van der Waals surface area contributed by atoms with E-state index in [1.54, 1.807) is 42.6 Å². The van der Waals surface area contributed by atoms with E-state index in [0.717, 1.165) is 0 Å². The molecular weight excluding hydrogens is 250 g/mol. The van der Waals surface area contributed by atoms with Gasteiger partial charge in [-0.15, -0.1) is 0 Å². The molecule has 90 valence electrons. The van der Waals surface area contributed by atoms with Crippen molar-refractivity contribution < 1.29 is 9.59 Å². The van der Waals surface area contributed by atoms with Gasteiger partial charge in [0.2, 0.25) is 0 Å². The summed E-state index contributed by atoms with van der Waals surface area (Å²) in [4.78, 5) is 27.5. The van der Waals surface area contributed by atoms with E-state index in [4.69, 9.17) is 11.6 Å². The zero-order valence-electron chi connectivity index (χ0n) is 9.47. The lowest BCUT2D eigenvalue weighted by Gasteiger charge is -2.01. The fraction of sp³-hybridized carbons (Fsp3) is 0.0714. The number of carbonyl (C=O) groups excluding carboxylic acids is 2. The average Bonchev–Trinajstić information content (AvgIpc) is 2.40. The first-order chi connectivity index (χ1) is 8.66. The van der Waals surface area contributed by atoms with Crippen LogP contribution in [0.5, 0.6) is 0 Å². The third-order valence-corrected chi connectivity index (χ3v) is 2.72. The largest absolute Gasteiger partial charge is 0.294 e. The van der Waals surface area contributed by atoms with E-state index in [0.29, 0.717) is 16.1 Å². The Balaban J connectivity index is 2.08. The third-order valence-electron chi connectivity index (χ3n) is 2.47. The number of hydrogen-bond acceptors (Lipinski definition) is 3. The number of nitrogens with zero attached hydrogens (tertiary/aromatic N) is 1. The van der Waals surface area contributed by atoms with Crippen LogP contribution in [-0.2, 0) is 0 Å². The van der Waals surface area contributed by atoms with Crippen molar-refractivity contribution in [1.29, 1.82) is 0 Å². The Kier molecular flexibility index (Phi) is 3.85. The van der Waals surface area contributed by atoms with Crippen LogP contribution in [0.2, 0.25) is 5.02 Å². The number of halogens is 1. The molecule has 0 atom stereocenters. The van der Waals surface area contributed by atoms with Crippen molar-refractivity contribution in [2.75, 3.05) is 0 Å². The van der Waals surface area contributed by atoms with Crippen LogP contribution in [-0.4, -0.2) is 16.6 Å². The lowest BCUT2D eigenvalue weighted by molar-refractivity contribution is 0.0894. The lowest BCUT2D eigenvalue weighted by Crippen LogP contribution is -2.08. The number of carbonyl (C=O) groups is 2. The molecule has 0 amide bonds. The highest BCUT2D eigenvalue weighted by Crippen LogP contribution is 2.12. The van der Waals surface area contributed by atoms with E-state index >= 15 is 0 Å². The van der Waals surface area contributed by atoms with Gasteiger partial charge in [0.25, 0.3) is 0 Å². The maximum Gasteiger partial charge on any atom is 0.172 e. The fourth-order valence-electron chi connectivity index (χ4n) is 1.51. The van der Waals surface area contributed by atoms with E-state index < -0.39 is 0 Å². The molecule has 4 heteroatoms. The van der Waals surface area contributed by atoms with Crippen LogP contribution in [0.4, 0.5) is 0 Å². The van der Waals surface area contributed by atoms with Gasteiger partial charge < -0.3 is 0 Å². The van der Waals surface area contributed by atoms with Crippen LogP contribution in [0.25, 0.3) is 0 Å². The quantitative estimate of drug-likeness (QED) is 0.626. The smallest absolute Gasteiger partial charge is 0.172 e. The van der Waals surface area contributed by atoms with E-state index in [1.165, 1.54) is 6.20 Å². The maximum absolute atomic E-state index is 11.9. The minimum absolute atomic E-state index is 0.159. The molecule has 0 unspecified atom stereocenters. The summed E-state index contributed by atoms with van der Waals surface area (Å²) < 4.78 is 0. The molecule has 1 aromatic carbocycles. The molecule has 0 bridgehead atoms. The van der Waals surface area contributed by atoms with Gasteiger partial charge in [0.15, 0.2) is 11.6 Å². The Morgan fingerprint density at radius 3 is 2.28 bits per heavy atom. The highest BCUT2D eigenvalue weighted by atomic mass is 35.5. The summed E-state index contributed by atoms with van der Waals surface area (Å²) >= 11 is 5.73. The topological polar surface area (TPSA) is 47.0 Å². The molecule has 0 N–H and O–H groups in total. The molecule has 1 aromatic heterocycles. The molecule has 0 spiro atoms. The molecule has 0 aliphatic carbocycles. The van der Waals surface area contributed by atoms with Gasteiger partial charge in [-0.1, -0.05) is 11.6 Å². The van der Waals surface area contributed by atoms with Crippen LogP contribution in [0.3, 0.4) is 0 Å². The van der Waals surface area contributed by atoms with E-state index in [9.17, 15) is 9.59 Å². The normalized spacial score (nSPS) is 10.1. The van der Waals surface area contributed by atoms with Crippen molar-refractivity contribution in [2.45, 2.75) is 6.42 Å². The number of benzene rings is 1. The SMILES string of the molecule is O=C(CC(=O)c1cccnc1)c1ccc(Cl)cc1. The summed E-state index contributed by atoms with van der Waals surface area (Å²) in [5.41, 5.74) is 0.927. The van der Waals surface area contributed by atoms with Crippen LogP contribution in [0.15, 0.2) is 48.8 Å². The second-order valence-electron chi connectivity index (χ2n) is 3.77. The number of ketones is 2. The zero-order valence-corrected chi connectivity index (χ0v) is 10.2. The molecule has 0 saturated carbocycles. The molecule has 2 rings (SSSR count). The summed E-state index contributed by atoms with van der Waals surface area (Å²) in [5, 5.41) is 0.560. The monoisotopic (exact) mass is 259 g/mol. The Bertz CT molecular complexity index is 564. The number of rotatable bonds is 4. The Morgan fingerprint density at radius 1 is 1.00 bits per heavy atom. The Morgan fingerprint density at radius 2 is 1.67 bits per heavy atom. The molecule has 3 nitrogen and oxygen atoms in total. The Hall–Kier alpha value is -2.00. The second kappa shape index (κ2) is 5.56. The number of pyridine rings is 1. The summed E-state index contributed by atoms with van der Waals surface area (Å²) in [6.07, 6.45) is 2.88. The minimum Gasteiger partial charge on any atom is -0.294 e. The first-order valence-electron chi connectivity index (χ1n) is 5.39. The summed E-state index contributed by atoms with van der Waals surface area (Å²) in [6.45, 7) is 0. The van der Waals surface area contributed by atoms with Crippen molar-refractivity contribution in [1.82, 2.24) is 4.98 Å². The first-order valence-corrected chi connectivity index (χ1v) is 5.76. The Labute approximate surface area is 109 Å². The van der Waals surface area contributed by atoms with Crippen molar-refractivity contribution in [3.8, 4) is 0 Å². The van der Waals surface area contributed by atoms with Crippen LogP contribution >= 0.6 is 11.6 Å². The molecule has 2 aromatic rings. The predicted molar refractivity (Wildman–Crippen MR) is 69.0 cm³/mol. The van der Waals surface area contributed by atoms with Gasteiger partial charge in [0.05, 0.1) is 6.42 Å². The third kappa shape index (κ3) is 3.02.